The summed E-state index contributed by atoms with van der Waals surface area (Å²) >= 11 is 0. The van der Waals surface area contributed by atoms with Crippen molar-refractivity contribution in [1.82, 2.24) is 19.5 Å². The first-order chi connectivity index (χ1) is 15.0. The van der Waals surface area contributed by atoms with Crippen LogP contribution in [0.1, 0.15) is 36.0 Å². The molecule has 0 fully saturated rings. The Morgan fingerprint density at radius 1 is 1.23 bits per heavy atom. The van der Waals surface area contributed by atoms with Gasteiger partial charge in [0.2, 0.25) is 0 Å². The Bertz CT molecular complexity index is 1270. The fraction of sp³-hybridized carbons (Fsp3) is 0.320. The monoisotopic (exact) mass is 409 g/mol. The molecule has 2 heterocycles. The van der Waals surface area contributed by atoms with Crippen molar-refractivity contribution in [2.24, 2.45) is 18.9 Å². The number of hydrogen-bond acceptors (Lipinski definition) is 5. The minimum atomic E-state index is -0.645. The normalized spacial score (nSPS) is 24.7. The first-order valence-electron chi connectivity index (χ1n) is 10.5. The van der Waals surface area contributed by atoms with E-state index in [1.807, 2.05) is 55.9 Å². The van der Waals surface area contributed by atoms with Crippen molar-refractivity contribution in [2.45, 2.75) is 32.1 Å². The number of nitriles is 1. The van der Waals surface area contributed by atoms with E-state index in [4.69, 9.17) is 9.97 Å². The van der Waals surface area contributed by atoms with Gasteiger partial charge < -0.3 is 4.57 Å². The molecule has 0 amide bonds. The molecule has 0 saturated heterocycles. The van der Waals surface area contributed by atoms with Crippen LogP contribution in [-0.2, 0) is 23.7 Å². The number of Topliss-reactive ketones (excluding diaryl/α,β-unsaturated/α-hetero) is 1. The van der Waals surface area contributed by atoms with Gasteiger partial charge in [0.25, 0.3) is 0 Å². The highest BCUT2D eigenvalue weighted by atomic mass is 16.1. The van der Waals surface area contributed by atoms with Gasteiger partial charge >= 0.3 is 0 Å². The van der Waals surface area contributed by atoms with Crippen molar-refractivity contribution in [3.63, 3.8) is 0 Å². The van der Waals surface area contributed by atoms with E-state index in [2.05, 4.69) is 23.2 Å². The van der Waals surface area contributed by atoms with Gasteiger partial charge in [-0.1, -0.05) is 37.3 Å². The Balaban J connectivity index is 1.89. The van der Waals surface area contributed by atoms with Crippen molar-refractivity contribution in [3.05, 3.63) is 77.2 Å². The minimum absolute atomic E-state index is 0.0284. The molecule has 2 aromatic heterocycles. The number of allylic oxidation sites excluding steroid dienone is 2. The van der Waals surface area contributed by atoms with Gasteiger partial charge in [-0.3, -0.25) is 4.79 Å². The van der Waals surface area contributed by atoms with E-state index in [0.717, 1.165) is 41.1 Å². The number of nitrogens with zero attached hydrogens (tertiary/aromatic N) is 5. The number of fused-ring (bicyclic) bond motifs is 3. The second-order valence-corrected chi connectivity index (χ2v) is 8.54. The number of carbonyl (C=O) groups is 1. The highest BCUT2D eigenvalue weighted by Gasteiger charge is 2.53. The summed E-state index contributed by atoms with van der Waals surface area (Å²) in [5, 5.41) is 9.79. The van der Waals surface area contributed by atoms with Crippen molar-refractivity contribution < 1.29 is 4.79 Å². The standard InChI is InChI=1S/C25H23N5O/c1-15-20-10-9-19-22(21-13-27-14-30(21)3)28-16(2)29-24(19)25(20,11-17(12-26)23(15)31)18-7-5-4-6-8-18/h4-8,11,13-15,20H,9-10H2,1-3H3/t15-,20-,25+/m0/s1. The van der Waals surface area contributed by atoms with Gasteiger partial charge in [0, 0.05) is 18.5 Å². The Morgan fingerprint density at radius 3 is 2.68 bits per heavy atom. The summed E-state index contributed by atoms with van der Waals surface area (Å²) in [5.74, 6) is 0.367. The number of imidazole rings is 1. The van der Waals surface area contributed by atoms with Crippen molar-refractivity contribution in [3.8, 4) is 17.5 Å². The summed E-state index contributed by atoms with van der Waals surface area (Å²) in [4.78, 5) is 27.0. The molecule has 2 aliphatic rings. The molecule has 3 aromatic rings. The summed E-state index contributed by atoms with van der Waals surface area (Å²) in [6.07, 6.45) is 7.08. The third-order valence-electron chi connectivity index (χ3n) is 6.89. The lowest BCUT2D eigenvalue weighted by Crippen LogP contribution is -2.48. The number of hydrogen-bond donors (Lipinski definition) is 0. The Hall–Kier alpha value is -3.59. The van der Waals surface area contributed by atoms with E-state index >= 15 is 0 Å². The zero-order chi connectivity index (χ0) is 21.8. The molecular weight excluding hydrogens is 386 g/mol. The maximum absolute atomic E-state index is 12.9. The highest BCUT2D eigenvalue weighted by molar-refractivity contribution is 6.02. The molecule has 5 rings (SSSR count). The molecule has 0 unspecified atom stereocenters. The van der Waals surface area contributed by atoms with Crippen LogP contribution in [0.3, 0.4) is 0 Å². The molecule has 0 saturated carbocycles. The lowest BCUT2D eigenvalue weighted by molar-refractivity contribution is -0.121. The molecule has 2 aliphatic carbocycles. The summed E-state index contributed by atoms with van der Waals surface area (Å²) in [7, 11) is 1.96. The molecule has 0 aliphatic heterocycles. The highest BCUT2D eigenvalue weighted by Crippen LogP contribution is 2.54. The average Bonchev–Trinajstić information content (AvgIpc) is 3.21. The summed E-state index contributed by atoms with van der Waals surface area (Å²) in [5.41, 5.74) is 4.44. The molecule has 31 heavy (non-hydrogen) atoms. The molecule has 0 spiro atoms. The molecule has 0 bridgehead atoms. The van der Waals surface area contributed by atoms with Crippen LogP contribution in [0.4, 0.5) is 0 Å². The smallest absolute Gasteiger partial charge is 0.176 e. The molecule has 3 atom stereocenters. The van der Waals surface area contributed by atoms with Gasteiger partial charge in [0.1, 0.15) is 11.9 Å². The van der Waals surface area contributed by atoms with Crippen LogP contribution in [0.5, 0.6) is 0 Å². The Morgan fingerprint density at radius 2 is 2.00 bits per heavy atom. The van der Waals surface area contributed by atoms with E-state index in [1.165, 1.54) is 0 Å². The predicted molar refractivity (Wildman–Crippen MR) is 116 cm³/mol. The number of aryl methyl sites for hydroxylation is 2. The molecule has 0 N–H and O–H groups in total. The van der Waals surface area contributed by atoms with Crippen molar-refractivity contribution in [2.75, 3.05) is 0 Å². The van der Waals surface area contributed by atoms with Crippen LogP contribution in [0.15, 0.2) is 54.5 Å². The number of aromatic nitrogens is 4. The Labute approximate surface area is 181 Å². The van der Waals surface area contributed by atoms with E-state index < -0.39 is 5.41 Å². The van der Waals surface area contributed by atoms with Crippen molar-refractivity contribution >= 4 is 5.78 Å². The fourth-order valence-electron chi connectivity index (χ4n) is 5.46. The Kier molecular flexibility index (Phi) is 4.37. The number of carbonyl (C=O) groups excluding carboxylic acids is 1. The van der Waals surface area contributed by atoms with E-state index in [0.29, 0.717) is 5.82 Å². The number of rotatable bonds is 2. The topological polar surface area (TPSA) is 84.5 Å². The van der Waals surface area contributed by atoms with Crippen molar-refractivity contribution in [1.29, 1.82) is 5.26 Å². The van der Waals surface area contributed by atoms with Crippen LogP contribution in [-0.4, -0.2) is 25.3 Å². The summed E-state index contributed by atoms with van der Waals surface area (Å²) < 4.78 is 1.97. The van der Waals surface area contributed by atoms with Gasteiger partial charge in [-0.25, -0.2) is 15.0 Å². The van der Waals surface area contributed by atoms with Crippen LogP contribution >= 0.6 is 0 Å². The largest absolute Gasteiger partial charge is 0.332 e. The van der Waals surface area contributed by atoms with Gasteiger partial charge in [-0.05, 0) is 37.3 Å². The summed E-state index contributed by atoms with van der Waals surface area (Å²) in [6, 6.07) is 12.3. The lowest BCUT2D eigenvalue weighted by Gasteiger charge is -2.48. The maximum Gasteiger partial charge on any atom is 0.176 e. The molecule has 6 heteroatoms. The number of benzene rings is 1. The van der Waals surface area contributed by atoms with Gasteiger partial charge in [-0.15, -0.1) is 0 Å². The van der Waals surface area contributed by atoms with Gasteiger partial charge in [0.15, 0.2) is 5.78 Å². The average molecular weight is 409 g/mol. The first kappa shape index (κ1) is 19.4. The number of ketones is 1. The minimum Gasteiger partial charge on any atom is -0.332 e. The van der Waals surface area contributed by atoms with Crippen LogP contribution < -0.4 is 0 Å². The van der Waals surface area contributed by atoms with Crippen LogP contribution in [0, 0.1) is 30.1 Å². The first-order valence-corrected chi connectivity index (χ1v) is 10.5. The van der Waals surface area contributed by atoms with E-state index in [9.17, 15) is 10.1 Å². The van der Waals surface area contributed by atoms with Gasteiger partial charge in [-0.2, -0.15) is 5.26 Å². The second kappa shape index (κ2) is 6.98. The zero-order valence-electron chi connectivity index (χ0n) is 17.8. The maximum atomic E-state index is 12.9. The molecule has 154 valence electrons. The van der Waals surface area contributed by atoms with Gasteiger partial charge in [0.05, 0.1) is 40.6 Å². The molecule has 0 radical (unpaired) electrons. The molecule has 6 nitrogen and oxygen atoms in total. The summed E-state index contributed by atoms with van der Waals surface area (Å²) in [6.45, 7) is 3.85. The predicted octanol–water partition coefficient (Wildman–Crippen LogP) is 3.70. The third-order valence-corrected chi connectivity index (χ3v) is 6.89. The van der Waals surface area contributed by atoms with E-state index in [-0.39, 0.29) is 23.2 Å². The molecule has 1 aromatic carbocycles. The second-order valence-electron chi connectivity index (χ2n) is 8.54. The quantitative estimate of drug-likeness (QED) is 0.644. The zero-order valence-corrected chi connectivity index (χ0v) is 17.8. The lowest BCUT2D eigenvalue weighted by atomic mass is 9.54. The third kappa shape index (κ3) is 2.70. The van der Waals surface area contributed by atoms with E-state index in [1.54, 1.807) is 6.33 Å². The van der Waals surface area contributed by atoms with Crippen LogP contribution in [0.2, 0.25) is 0 Å². The molecular formula is C25H23N5O. The SMILES string of the molecule is Cc1nc(-c2cncn2C)c2c(n1)[C@@]1(c3ccccc3)C=C(C#N)C(=O)[C@@H](C)[C@@H]1CC2. The fourth-order valence-corrected chi connectivity index (χ4v) is 5.46. The van der Waals surface area contributed by atoms with Crippen LogP contribution in [0.25, 0.3) is 11.4 Å².